The van der Waals surface area contributed by atoms with Gasteiger partial charge in [0.25, 0.3) is 0 Å². The first-order valence-electron chi connectivity index (χ1n) is 5.38. The summed E-state index contributed by atoms with van der Waals surface area (Å²) in [6.45, 7) is 4.79. The van der Waals surface area contributed by atoms with Gasteiger partial charge in [-0.25, -0.2) is 4.39 Å². The molecule has 0 spiro atoms. The predicted octanol–water partition coefficient (Wildman–Crippen LogP) is 3.71. The van der Waals surface area contributed by atoms with Crippen LogP contribution in [-0.4, -0.2) is 17.5 Å². The molecule has 0 aromatic heterocycles. The average molecular weight is 262 g/mol. The summed E-state index contributed by atoms with van der Waals surface area (Å²) < 4.78 is 13.4. The lowest BCUT2D eigenvalue weighted by molar-refractivity contribution is 0.557. The van der Waals surface area contributed by atoms with E-state index in [0.29, 0.717) is 23.2 Å². The zero-order chi connectivity index (χ0) is 12.0. The molecule has 0 saturated heterocycles. The minimum absolute atomic E-state index is 0.240. The van der Waals surface area contributed by atoms with Gasteiger partial charge in [0.15, 0.2) is 0 Å². The van der Waals surface area contributed by atoms with E-state index >= 15 is 0 Å². The number of nitrogens with one attached hydrogen (secondary N) is 1. The first kappa shape index (κ1) is 13.8. The van der Waals surface area contributed by atoms with Gasteiger partial charge >= 0.3 is 0 Å². The molecule has 4 heteroatoms. The summed E-state index contributed by atoms with van der Waals surface area (Å²) in [5.74, 6) is 1.92. The summed E-state index contributed by atoms with van der Waals surface area (Å²) in [5, 5.41) is 3.73. The number of rotatable bonds is 6. The molecule has 1 N–H and O–H groups in total. The second-order valence-corrected chi connectivity index (χ2v) is 5.43. The van der Waals surface area contributed by atoms with Crippen LogP contribution in [0.25, 0.3) is 0 Å². The molecule has 0 heterocycles. The van der Waals surface area contributed by atoms with Crippen LogP contribution in [0.3, 0.4) is 0 Å². The van der Waals surface area contributed by atoms with E-state index in [9.17, 15) is 4.39 Å². The van der Waals surface area contributed by atoms with E-state index in [-0.39, 0.29) is 5.82 Å². The van der Waals surface area contributed by atoms with Gasteiger partial charge in [-0.3, -0.25) is 0 Å². The third kappa shape index (κ3) is 4.73. The highest BCUT2D eigenvalue weighted by Crippen LogP contribution is 2.14. The molecule has 0 fully saturated rings. The molecule has 0 radical (unpaired) electrons. The summed E-state index contributed by atoms with van der Waals surface area (Å²) in [6, 6.07) is 5.18. The third-order valence-corrected chi connectivity index (χ3v) is 3.61. The van der Waals surface area contributed by atoms with Crippen molar-refractivity contribution in [3.8, 4) is 0 Å². The minimum atomic E-state index is -0.240. The van der Waals surface area contributed by atoms with Crippen LogP contribution in [0.15, 0.2) is 18.2 Å². The number of hydrogen-bond acceptors (Lipinski definition) is 2. The molecule has 1 nitrogen and oxygen atoms in total. The Bertz CT molecular complexity index is 333. The quantitative estimate of drug-likeness (QED) is 0.838. The van der Waals surface area contributed by atoms with Crippen LogP contribution < -0.4 is 5.32 Å². The van der Waals surface area contributed by atoms with Crippen molar-refractivity contribution >= 4 is 23.4 Å². The van der Waals surface area contributed by atoms with Gasteiger partial charge < -0.3 is 5.32 Å². The predicted molar refractivity (Wildman–Crippen MR) is 70.7 cm³/mol. The number of benzene rings is 1. The van der Waals surface area contributed by atoms with Crippen molar-refractivity contribution in [2.75, 3.05) is 11.5 Å². The molecule has 1 unspecified atom stereocenters. The molecule has 0 saturated carbocycles. The van der Waals surface area contributed by atoms with Crippen LogP contribution >= 0.6 is 23.4 Å². The van der Waals surface area contributed by atoms with Crippen LogP contribution in [0.4, 0.5) is 4.39 Å². The summed E-state index contributed by atoms with van der Waals surface area (Å²) in [5.41, 5.74) is 0.665. The second kappa shape index (κ2) is 7.15. The van der Waals surface area contributed by atoms with Gasteiger partial charge in [0, 0.05) is 28.9 Å². The summed E-state index contributed by atoms with van der Waals surface area (Å²) in [6.07, 6.45) is 0. The highest BCUT2D eigenvalue weighted by Gasteiger charge is 2.05. The average Bonchev–Trinajstić information content (AvgIpc) is 2.25. The van der Waals surface area contributed by atoms with Crippen LogP contribution in [0, 0.1) is 5.82 Å². The van der Waals surface area contributed by atoms with Gasteiger partial charge in [-0.1, -0.05) is 24.6 Å². The Morgan fingerprint density at radius 3 is 2.88 bits per heavy atom. The number of thioether (sulfide) groups is 1. The fraction of sp³-hybridized carbons (Fsp3) is 0.500. The molecular weight excluding hydrogens is 245 g/mol. The fourth-order valence-corrected chi connectivity index (χ4v) is 2.17. The molecule has 90 valence electrons. The van der Waals surface area contributed by atoms with E-state index in [1.54, 1.807) is 12.1 Å². The topological polar surface area (TPSA) is 12.0 Å². The molecule has 0 aliphatic rings. The van der Waals surface area contributed by atoms with Gasteiger partial charge in [-0.05, 0) is 24.8 Å². The first-order chi connectivity index (χ1) is 7.63. The Labute approximate surface area is 106 Å². The normalized spacial score (nSPS) is 12.8. The smallest absolute Gasteiger partial charge is 0.129 e. The summed E-state index contributed by atoms with van der Waals surface area (Å²) in [4.78, 5) is 0. The van der Waals surface area contributed by atoms with E-state index in [0.717, 1.165) is 11.5 Å². The van der Waals surface area contributed by atoms with Gasteiger partial charge in [0.1, 0.15) is 5.82 Å². The molecule has 1 aromatic rings. The number of hydrogen-bond donors (Lipinski definition) is 1. The summed E-state index contributed by atoms with van der Waals surface area (Å²) >= 11 is 7.57. The zero-order valence-electron chi connectivity index (χ0n) is 9.59. The van der Waals surface area contributed by atoms with Crippen LogP contribution in [0.2, 0.25) is 5.02 Å². The van der Waals surface area contributed by atoms with Crippen molar-refractivity contribution in [2.45, 2.75) is 26.4 Å². The molecule has 1 atom stereocenters. The van der Waals surface area contributed by atoms with Crippen molar-refractivity contribution in [1.82, 2.24) is 5.32 Å². The Kier molecular flexibility index (Phi) is 6.17. The number of halogens is 2. The van der Waals surface area contributed by atoms with Gasteiger partial charge in [0.05, 0.1) is 0 Å². The molecule has 0 bridgehead atoms. The zero-order valence-corrected chi connectivity index (χ0v) is 11.2. The molecule has 16 heavy (non-hydrogen) atoms. The molecule has 1 rings (SSSR count). The monoisotopic (exact) mass is 261 g/mol. The third-order valence-electron chi connectivity index (χ3n) is 2.23. The van der Waals surface area contributed by atoms with E-state index in [2.05, 4.69) is 19.2 Å². The van der Waals surface area contributed by atoms with Gasteiger partial charge in [0.2, 0.25) is 0 Å². The molecule has 0 amide bonds. The van der Waals surface area contributed by atoms with E-state index in [4.69, 9.17) is 11.6 Å². The first-order valence-corrected chi connectivity index (χ1v) is 6.91. The lowest BCUT2D eigenvalue weighted by atomic mass is 10.2. The van der Waals surface area contributed by atoms with Gasteiger partial charge in [-0.15, -0.1) is 0 Å². The highest BCUT2D eigenvalue weighted by atomic mass is 35.5. The Hall–Kier alpha value is -0.250. The molecular formula is C12H17ClFNS. The van der Waals surface area contributed by atoms with E-state index < -0.39 is 0 Å². The highest BCUT2D eigenvalue weighted by molar-refractivity contribution is 7.99. The fourth-order valence-electron chi connectivity index (χ4n) is 1.30. The standard InChI is InChI=1S/C12H17ClFNS/c1-3-16-8-9(2)15-7-10-4-5-11(13)6-12(10)14/h4-6,9,15H,3,7-8H2,1-2H3. The minimum Gasteiger partial charge on any atom is -0.309 e. The van der Waals surface area contributed by atoms with Crippen LogP contribution in [0.1, 0.15) is 19.4 Å². The van der Waals surface area contributed by atoms with Crippen LogP contribution in [0.5, 0.6) is 0 Å². The van der Waals surface area contributed by atoms with Crippen molar-refractivity contribution in [2.24, 2.45) is 0 Å². The SMILES string of the molecule is CCSCC(C)NCc1ccc(Cl)cc1F. The van der Waals surface area contributed by atoms with Gasteiger partial charge in [-0.2, -0.15) is 11.8 Å². The maximum Gasteiger partial charge on any atom is 0.129 e. The van der Waals surface area contributed by atoms with E-state index in [1.807, 2.05) is 11.8 Å². The maximum absolute atomic E-state index is 13.4. The van der Waals surface area contributed by atoms with Crippen molar-refractivity contribution in [1.29, 1.82) is 0 Å². The Morgan fingerprint density at radius 2 is 2.25 bits per heavy atom. The lowest BCUT2D eigenvalue weighted by Gasteiger charge is -2.13. The van der Waals surface area contributed by atoms with E-state index in [1.165, 1.54) is 6.07 Å². The Morgan fingerprint density at radius 1 is 1.50 bits per heavy atom. The van der Waals surface area contributed by atoms with Crippen molar-refractivity contribution < 1.29 is 4.39 Å². The maximum atomic E-state index is 13.4. The second-order valence-electron chi connectivity index (χ2n) is 3.68. The van der Waals surface area contributed by atoms with Crippen molar-refractivity contribution in [3.05, 3.63) is 34.6 Å². The Balaban J connectivity index is 2.42. The largest absolute Gasteiger partial charge is 0.309 e. The molecule has 0 aliphatic heterocycles. The lowest BCUT2D eigenvalue weighted by Crippen LogP contribution is -2.28. The molecule has 1 aromatic carbocycles. The van der Waals surface area contributed by atoms with Crippen molar-refractivity contribution in [3.63, 3.8) is 0 Å². The summed E-state index contributed by atoms with van der Waals surface area (Å²) in [7, 11) is 0. The molecule has 0 aliphatic carbocycles. The van der Waals surface area contributed by atoms with Crippen LogP contribution in [-0.2, 0) is 6.54 Å².